The van der Waals surface area contributed by atoms with Crippen LogP contribution in [0, 0.1) is 6.92 Å². The predicted molar refractivity (Wildman–Crippen MR) is 166 cm³/mol. The molecule has 0 aliphatic carbocycles. The van der Waals surface area contributed by atoms with Gasteiger partial charge in [-0.2, -0.15) is 0 Å². The Morgan fingerprint density at radius 2 is 2.02 bits per heavy atom. The van der Waals surface area contributed by atoms with Gasteiger partial charge in [-0.1, -0.05) is 24.7 Å². The summed E-state index contributed by atoms with van der Waals surface area (Å²) in [7, 11) is 3.10. The number of esters is 1. The molecule has 3 aromatic heterocycles. The molecule has 0 saturated heterocycles. The number of aromatic nitrogens is 3. The molecule has 43 heavy (non-hydrogen) atoms. The molecule has 10 nitrogen and oxygen atoms in total. The van der Waals surface area contributed by atoms with Crippen LogP contribution in [0.3, 0.4) is 0 Å². The van der Waals surface area contributed by atoms with E-state index in [9.17, 15) is 9.59 Å². The van der Waals surface area contributed by atoms with E-state index in [0.717, 1.165) is 12.1 Å². The molecule has 0 spiro atoms. The average molecular weight is 686 g/mol. The number of aryl methyl sites for hydroxylation is 1. The minimum atomic E-state index is -0.850. The molecule has 0 unspecified atom stereocenters. The zero-order chi connectivity index (χ0) is 30.7. The van der Waals surface area contributed by atoms with E-state index in [4.69, 9.17) is 23.6 Å². The number of halogens is 1. The van der Waals surface area contributed by atoms with Crippen LogP contribution in [0.1, 0.15) is 49.7 Å². The third-order valence-corrected chi connectivity index (χ3v) is 9.23. The summed E-state index contributed by atoms with van der Waals surface area (Å²) < 4.78 is 25.4. The monoisotopic (exact) mass is 684 g/mol. The number of benzene rings is 1. The molecular weight excluding hydrogens is 656 g/mol. The van der Waals surface area contributed by atoms with Gasteiger partial charge < -0.3 is 18.6 Å². The molecule has 224 valence electrons. The van der Waals surface area contributed by atoms with Gasteiger partial charge in [0.1, 0.15) is 23.3 Å². The van der Waals surface area contributed by atoms with Crippen molar-refractivity contribution in [3.63, 3.8) is 0 Å². The number of carbonyl (C=O) groups is 1. The lowest BCUT2D eigenvalue weighted by atomic mass is 9.93. The van der Waals surface area contributed by atoms with E-state index < -0.39 is 12.0 Å². The van der Waals surface area contributed by atoms with Crippen LogP contribution in [-0.2, 0) is 9.53 Å². The van der Waals surface area contributed by atoms with E-state index in [-0.39, 0.29) is 12.2 Å². The fourth-order valence-electron chi connectivity index (χ4n) is 4.67. The van der Waals surface area contributed by atoms with E-state index in [1.165, 1.54) is 27.7 Å². The number of hydrogen-bond acceptors (Lipinski definition) is 11. The Morgan fingerprint density at radius 1 is 1.21 bits per heavy atom. The molecule has 0 amide bonds. The van der Waals surface area contributed by atoms with E-state index in [1.807, 2.05) is 19.9 Å². The van der Waals surface area contributed by atoms with Gasteiger partial charge in [0, 0.05) is 23.5 Å². The fourth-order valence-corrected chi connectivity index (χ4v) is 6.98. The summed E-state index contributed by atoms with van der Waals surface area (Å²) in [6.45, 7) is 5.82. The summed E-state index contributed by atoms with van der Waals surface area (Å²) in [6.07, 6.45) is 4.62. The van der Waals surface area contributed by atoms with Crippen molar-refractivity contribution in [2.45, 2.75) is 49.9 Å². The van der Waals surface area contributed by atoms with Gasteiger partial charge in [0.15, 0.2) is 15.1 Å². The second-order valence-corrected chi connectivity index (χ2v) is 12.2. The number of carbonyl (C=O) groups excluding carboxylic acids is 1. The number of fused-ring (bicyclic) bond motifs is 1. The molecule has 1 aromatic carbocycles. The van der Waals surface area contributed by atoms with Gasteiger partial charge in [-0.3, -0.25) is 9.36 Å². The van der Waals surface area contributed by atoms with Crippen LogP contribution in [-0.4, -0.2) is 41.3 Å². The van der Waals surface area contributed by atoms with Gasteiger partial charge in [0.25, 0.3) is 5.56 Å². The summed E-state index contributed by atoms with van der Waals surface area (Å²) in [5.74, 6) is 0.975. The van der Waals surface area contributed by atoms with Crippen molar-refractivity contribution in [3.05, 3.63) is 89.0 Å². The summed E-state index contributed by atoms with van der Waals surface area (Å²) in [6, 6.07) is 8.04. The van der Waals surface area contributed by atoms with Crippen LogP contribution >= 0.6 is 39.0 Å². The highest BCUT2D eigenvalue weighted by atomic mass is 79.9. The number of ether oxygens (including phenoxy) is 3. The van der Waals surface area contributed by atoms with Gasteiger partial charge in [-0.15, -0.1) is 0 Å². The molecule has 0 radical (unpaired) electrons. The molecule has 4 aromatic rings. The number of methoxy groups -OCH3 is 2. The van der Waals surface area contributed by atoms with Crippen LogP contribution in [0.15, 0.2) is 76.7 Å². The third kappa shape index (κ3) is 6.34. The first-order valence-electron chi connectivity index (χ1n) is 13.5. The number of allylic oxidation sites excluding steroid dienone is 1. The second kappa shape index (κ2) is 13.3. The van der Waals surface area contributed by atoms with Crippen LogP contribution < -0.4 is 24.4 Å². The highest BCUT2D eigenvalue weighted by molar-refractivity contribution is 9.10. The van der Waals surface area contributed by atoms with Crippen molar-refractivity contribution in [2.24, 2.45) is 4.99 Å². The average Bonchev–Trinajstić information content (AvgIpc) is 3.49. The molecule has 0 N–H and O–H groups in total. The Labute approximate surface area is 264 Å². The number of hydrogen-bond donors (Lipinski definition) is 0. The number of rotatable bonds is 10. The zero-order valence-corrected chi connectivity index (χ0v) is 27.4. The topological polar surface area (TPSA) is 118 Å². The maximum absolute atomic E-state index is 14.1. The van der Waals surface area contributed by atoms with E-state index >= 15 is 0 Å². The highest BCUT2D eigenvalue weighted by Crippen LogP contribution is 2.39. The lowest BCUT2D eigenvalue weighted by Gasteiger charge is -2.27. The molecule has 5 rings (SSSR count). The normalized spacial score (nSPS) is 14.8. The molecule has 4 heterocycles. The number of nitrogens with zero attached hydrogens (tertiary/aromatic N) is 4. The SMILES string of the molecule is CCCC1=C(C(=O)OCC)[C@@H](c2cc(OC)ccc2OC)n2c(s/c(=C\c3cc(Br)c(Sc4nccc(C)n4)o3)c2=O)=N1. The van der Waals surface area contributed by atoms with Crippen LogP contribution in [0.5, 0.6) is 11.5 Å². The van der Waals surface area contributed by atoms with Crippen molar-refractivity contribution >= 4 is 51.1 Å². The first-order valence-corrected chi connectivity index (χ1v) is 15.9. The Morgan fingerprint density at radius 3 is 2.72 bits per heavy atom. The van der Waals surface area contributed by atoms with E-state index in [1.54, 1.807) is 57.7 Å². The van der Waals surface area contributed by atoms with Crippen LogP contribution in [0.2, 0.25) is 0 Å². The minimum absolute atomic E-state index is 0.176. The zero-order valence-electron chi connectivity index (χ0n) is 24.2. The van der Waals surface area contributed by atoms with E-state index in [0.29, 0.717) is 64.6 Å². The quantitative estimate of drug-likeness (QED) is 0.164. The van der Waals surface area contributed by atoms with Crippen molar-refractivity contribution in [2.75, 3.05) is 20.8 Å². The maximum Gasteiger partial charge on any atom is 0.338 e. The first kappa shape index (κ1) is 30.8. The molecule has 0 bridgehead atoms. The molecule has 1 aliphatic heterocycles. The number of furan rings is 1. The Balaban J connectivity index is 1.69. The molecule has 13 heteroatoms. The molecule has 1 aliphatic rings. The van der Waals surface area contributed by atoms with Crippen molar-refractivity contribution in [1.82, 2.24) is 14.5 Å². The van der Waals surface area contributed by atoms with Crippen molar-refractivity contribution < 1.29 is 23.4 Å². The minimum Gasteiger partial charge on any atom is -0.497 e. The summed E-state index contributed by atoms with van der Waals surface area (Å²) in [4.78, 5) is 41.6. The molecule has 0 saturated carbocycles. The second-order valence-electron chi connectivity index (χ2n) is 9.39. The molecular formula is C30H29BrN4O6S2. The maximum atomic E-state index is 14.1. The third-order valence-electron chi connectivity index (χ3n) is 6.53. The molecule has 1 atom stereocenters. The Hall–Kier alpha value is -3.68. The lowest BCUT2D eigenvalue weighted by Crippen LogP contribution is -2.40. The number of thiazole rings is 1. The predicted octanol–water partition coefficient (Wildman–Crippen LogP) is 5.20. The summed E-state index contributed by atoms with van der Waals surface area (Å²) in [5, 5.41) is 1.10. The van der Waals surface area contributed by atoms with Gasteiger partial charge >= 0.3 is 5.97 Å². The Bertz CT molecular complexity index is 1890. The summed E-state index contributed by atoms with van der Waals surface area (Å²) in [5.41, 5.74) is 1.96. The van der Waals surface area contributed by atoms with Crippen molar-refractivity contribution in [1.29, 1.82) is 0 Å². The molecule has 0 fully saturated rings. The summed E-state index contributed by atoms with van der Waals surface area (Å²) >= 11 is 6.03. The van der Waals surface area contributed by atoms with Gasteiger partial charge in [0.05, 0.1) is 41.1 Å². The van der Waals surface area contributed by atoms with Crippen molar-refractivity contribution in [3.8, 4) is 11.5 Å². The van der Waals surface area contributed by atoms with Gasteiger partial charge in [-0.05, 0) is 78.3 Å². The van der Waals surface area contributed by atoms with Gasteiger partial charge in [-0.25, -0.2) is 19.8 Å². The van der Waals surface area contributed by atoms with Crippen LogP contribution in [0.4, 0.5) is 0 Å². The standard InChI is InChI=1S/C30H29BrN4O6S2/c1-6-8-21-24(27(37)40-7-2)25(19-13-17(38-4)9-10-22(19)39-5)35-26(36)23(42-30(35)34-21)15-18-14-20(31)28(41-18)43-29-32-12-11-16(3)33-29/h9-15,25H,6-8H2,1-5H3/b23-15-/t25-/m1/s1. The Kier molecular flexibility index (Phi) is 9.52. The lowest BCUT2D eigenvalue weighted by molar-refractivity contribution is -0.139. The van der Waals surface area contributed by atoms with Crippen LogP contribution in [0.25, 0.3) is 6.08 Å². The highest BCUT2D eigenvalue weighted by Gasteiger charge is 2.36. The van der Waals surface area contributed by atoms with Gasteiger partial charge in [0.2, 0.25) is 0 Å². The smallest absolute Gasteiger partial charge is 0.338 e. The largest absolute Gasteiger partial charge is 0.497 e. The first-order chi connectivity index (χ1) is 20.8. The fraction of sp³-hybridized carbons (Fsp3) is 0.300. The van der Waals surface area contributed by atoms with E-state index in [2.05, 4.69) is 25.9 Å².